The first kappa shape index (κ1) is 78.7. The van der Waals surface area contributed by atoms with Gasteiger partial charge < -0.3 is 18.9 Å². The molecular formula is C72H127NO8P+. The van der Waals surface area contributed by atoms with Crippen molar-refractivity contribution in [3.63, 3.8) is 0 Å². The predicted octanol–water partition coefficient (Wildman–Crippen LogP) is 21.7. The van der Waals surface area contributed by atoms with Gasteiger partial charge in [-0.2, -0.15) is 0 Å². The molecule has 0 aromatic rings. The zero-order chi connectivity index (χ0) is 59.8. The normalized spacial score (nSPS) is 13.9. The van der Waals surface area contributed by atoms with E-state index in [1.54, 1.807) is 0 Å². The summed E-state index contributed by atoms with van der Waals surface area (Å²) < 4.78 is 34.7. The largest absolute Gasteiger partial charge is 0.472 e. The predicted molar refractivity (Wildman–Crippen MR) is 353 cm³/mol. The van der Waals surface area contributed by atoms with Gasteiger partial charge in [0.15, 0.2) is 6.10 Å². The maximum atomic E-state index is 12.9. The maximum absolute atomic E-state index is 12.9. The van der Waals surface area contributed by atoms with Gasteiger partial charge in [-0.15, -0.1) is 0 Å². The third-order valence-corrected chi connectivity index (χ3v) is 15.3. The number of unbranched alkanes of at least 4 members (excludes halogenated alkanes) is 29. The van der Waals surface area contributed by atoms with E-state index in [0.717, 1.165) is 96.3 Å². The number of phosphoric ester groups is 1. The molecule has 0 heterocycles. The lowest BCUT2D eigenvalue weighted by Crippen LogP contribution is -2.37. The number of likely N-dealkylation sites (N-methyl/N-ethyl adjacent to an activating group) is 1. The number of carbonyl (C=O) groups is 2. The summed E-state index contributed by atoms with van der Waals surface area (Å²) in [7, 11) is 1.46. The molecule has 0 saturated heterocycles. The highest BCUT2D eigenvalue weighted by Gasteiger charge is 2.27. The van der Waals surface area contributed by atoms with Gasteiger partial charge in [-0.25, -0.2) is 4.57 Å². The highest BCUT2D eigenvalue weighted by Crippen LogP contribution is 2.43. The summed E-state index contributed by atoms with van der Waals surface area (Å²) in [5, 5.41) is 0. The smallest absolute Gasteiger partial charge is 0.462 e. The SMILES string of the molecule is CC/C=C\C/C=C\C/C=C\C/C=C\C/C=C\C/C=C\CCCCCCCCCCC(=O)OC(COC(=O)CCCCCCCCCCCCCCCCCC/C=C\C/C=C\C/C=C\CCCCCCC)COP(=O)(O)OCC[N+](C)(C)C. The first-order valence-corrected chi connectivity index (χ1v) is 35.1. The van der Waals surface area contributed by atoms with E-state index >= 15 is 0 Å². The summed E-state index contributed by atoms with van der Waals surface area (Å²) in [5.41, 5.74) is 0. The first-order valence-electron chi connectivity index (χ1n) is 33.6. The second-order valence-electron chi connectivity index (χ2n) is 23.5. The van der Waals surface area contributed by atoms with Gasteiger partial charge >= 0.3 is 19.8 Å². The molecule has 0 saturated carbocycles. The molecule has 9 nitrogen and oxygen atoms in total. The van der Waals surface area contributed by atoms with E-state index in [-0.39, 0.29) is 32.0 Å². The molecule has 0 radical (unpaired) electrons. The minimum atomic E-state index is -4.40. The Morgan fingerprint density at radius 2 is 0.695 bits per heavy atom. The minimum absolute atomic E-state index is 0.0254. The summed E-state index contributed by atoms with van der Waals surface area (Å²) in [5.74, 6) is -0.805. The van der Waals surface area contributed by atoms with E-state index < -0.39 is 26.5 Å². The number of phosphoric acid groups is 1. The van der Waals surface area contributed by atoms with Crippen molar-refractivity contribution in [1.82, 2.24) is 0 Å². The molecule has 0 aromatic carbocycles. The lowest BCUT2D eigenvalue weighted by Gasteiger charge is -2.24. The molecule has 472 valence electrons. The van der Waals surface area contributed by atoms with Crippen molar-refractivity contribution < 1.29 is 42.1 Å². The van der Waals surface area contributed by atoms with Crippen molar-refractivity contribution in [2.75, 3.05) is 47.5 Å². The number of hydrogen-bond donors (Lipinski definition) is 1. The van der Waals surface area contributed by atoms with Gasteiger partial charge in [-0.3, -0.25) is 18.6 Å². The Balaban J connectivity index is 4.10. The zero-order valence-corrected chi connectivity index (χ0v) is 54.6. The van der Waals surface area contributed by atoms with Crippen LogP contribution >= 0.6 is 7.82 Å². The Hall–Kier alpha value is -3.33. The Labute approximate surface area is 506 Å². The summed E-state index contributed by atoms with van der Waals surface area (Å²) >= 11 is 0. The Kier molecular flexibility index (Phi) is 59.7. The highest BCUT2D eigenvalue weighted by molar-refractivity contribution is 7.47. The number of hydrogen-bond acceptors (Lipinski definition) is 7. The average Bonchev–Trinajstić information content (AvgIpc) is 3.46. The van der Waals surface area contributed by atoms with E-state index in [1.807, 2.05) is 21.1 Å². The molecule has 0 aliphatic rings. The molecule has 0 amide bonds. The molecule has 82 heavy (non-hydrogen) atoms. The van der Waals surface area contributed by atoms with Crippen molar-refractivity contribution >= 4 is 19.8 Å². The van der Waals surface area contributed by atoms with Crippen molar-refractivity contribution in [1.29, 1.82) is 0 Å². The second kappa shape index (κ2) is 62.2. The lowest BCUT2D eigenvalue weighted by atomic mass is 10.0. The van der Waals surface area contributed by atoms with Crippen LogP contribution in [0.3, 0.4) is 0 Å². The van der Waals surface area contributed by atoms with Crippen molar-refractivity contribution in [2.45, 2.75) is 290 Å². The number of quaternary nitrogens is 1. The molecule has 0 bridgehead atoms. The first-order chi connectivity index (χ1) is 40.0. The van der Waals surface area contributed by atoms with Crippen LogP contribution in [0.25, 0.3) is 0 Å². The van der Waals surface area contributed by atoms with Crippen LogP contribution in [0.15, 0.2) is 109 Å². The second-order valence-corrected chi connectivity index (χ2v) is 24.9. The summed E-state index contributed by atoms with van der Waals surface area (Å²) in [4.78, 5) is 35.8. The van der Waals surface area contributed by atoms with Crippen LogP contribution in [0.4, 0.5) is 0 Å². The number of carbonyl (C=O) groups excluding carboxylic acids is 2. The van der Waals surface area contributed by atoms with Gasteiger partial charge in [0.1, 0.15) is 19.8 Å². The number of ether oxygens (including phenoxy) is 2. The zero-order valence-electron chi connectivity index (χ0n) is 53.7. The molecule has 0 aliphatic carbocycles. The van der Waals surface area contributed by atoms with E-state index in [0.29, 0.717) is 17.4 Å². The van der Waals surface area contributed by atoms with Gasteiger partial charge in [0, 0.05) is 12.8 Å². The molecule has 0 spiro atoms. The van der Waals surface area contributed by atoms with E-state index in [2.05, 4.69) is 123 Å². The fraction of sp³-hybridized carbons (Fsp3) is 0.722. The Morgan fingerprint density at radius 1 is 0.390 bits per heavy atom. The third kappa shape index (κ3) is 65.8. The van der Waals surface area contributed by atoms with Gasteiger partial charge in [-0.1, -0.05) is 277 Å². The summed E-state index contributed by atoms with van der Waals surface area (Å²) in [6.45, 7) is 4.31. The van der Waals surface area contributed by atoms with Crippen LogP contribution < -0.4 is 0 Å². The minimum Gasteiger partial charge on any atom is -0.462 e. The van der Waals surface area contributed by atoms with Crippen LogP contribution in [0.2, 0.25) is 0 Å². The maximum Gasteiger partial charge on any atom is 0.472 e. The molecule has 0 fully saturated rings. The third-order valence-electron chi connectivity index (χ3n) is 14.3. The number of rotatable bonds is 61. The number of esters is 2. The van der Waals surface area contributed by atoms with Gasteiger partial charge in [0.25, 0.3) is 0 Å². The standard InChI is InChI=1S/C72H126NO8P/c1-6-8-10-12-14-16-18-20-22-24-26-28-30-32-34-35-36-37-39-40-42-44-46-48-50-52-54-56-58-60-62-64-71(74)78-68-70(69-80-82(76,77)79-67-66-73(3,4)5)81-72(75)65-63-61-59-57-55-53-51-49-47-45-43-41-38-33-31-29-27-25-23-21-19-17-15-13-11-9-7-2/h9,11,15,17-18,20-21,23-24,26-27,29-30,32-33,38,43,45,70H,6-8,10,12-14,16,19,22,25,28,31,34-37,39-42,44,46-69H2,1-5H3/p+1/b11-9-,17-15-,20-18-,23-21-,26-24-,29-27-,32-30-,38-33-,45-43-. The topological polar surface area (TPSA) is 108 Å². The number of nitrogens with zero attached hydrogens (tertiary/aromatic N) is 1. The average molecular weight is 1170 g/mol. The van der Waals surface area contributed by atoms with Crippen LogP contribution in [0.5, 0.6) is 0 Å². The van der Waals surface area contributed by atoms with Crippen LogP contribution in [-0.2, 0) is 32.7 Å². The summed E-state index contributed by atoms with van der Waals surface area (Å²) in [6.07, 6.45) is 87.5. The van der Waals surface area contributed by atoms with Crippen LogP contribution in [0, 0.1) is 0 Å². The van der Waals surface area contributed by atoms with E-state index in [9.17, 15) is 19.0 Å². The molecule has 2 atom stereocenters. The highest BCUT2D eigenvalue weighted by atomic mass is 31.2. The monoisotopic (exact) mass is 1160 g/mol. The van der Waals surface area contributed by atoms with Gasteiger partial charge in [-0.05, 0) is 103 Å². The van der Waals surface area contributed by atoms with Crippen molar-refractivity contribution in [3.8, 4) is 0 Å². The lowest BCUT2D eigenvalue weighted by molar-refractivity contribution is -0.870. The fourth-order valence-corrected chi connectivity index (χ4v) is 9.89. The van der Waals surface area contributed by atoms with E-state index in [1.165, 1.54) is 154 Å². The molecule has 2 unspecified atom stereocenters. The fourth-order valence-electron chi connectivity index (χ4n) is 9.15. The Bertz CT molecular complexity index is 1750. The van der Waals surface area contributed by atoms with Crippen molar-refractivity contribution in [3.05, 3.63) is 109 Å². The molecular weight excluding hydrogens is 1040 g/mol. The molecule has 0 aromatic heterocycles. The number of allylic oxidation sites excluding steroid dienone is 18. The molecule has 1 N–H and O–H groups in total. The van der Waals surface area contributed by atoms with Crippen LogP contribution in [-0.4, -0.2) is 74.9 Å². The van der Waals surface area contributed by atoms with Gasteiger partial charge in [0.05, 0.1) is 27.7 Å². The van der Waals surface area contributed by atoms with E-state index in [4.69, 9.17) is 18.5 Å². The molecule has 0 rings (SSSR count). The Morgan fingerprint density at radius 3 is 1.04 bits per heavy atom. The van der Waals surface area contributed by atoms with Crippen LogP contribution in [0.1, 0.15) is 284 Å². The van der Waals surface area contributed by atoms with Crippen molar-refractivity contribution in [2.24, 2.45) is 0 Å². The van der Waals surface area contributed by atoms with Gasteiger partial charge in [0.2, 0.25) is 0 Å². The molecule has 10 heteroatoms. The quantitative estimate of drug-likeness (QED) is 0.0211. The molecule has 0 aliphatic heterocycles. The summed E-state index contributed by atoms with van der Waals surface area (Å²) in [6, 6.07) is 0.